The Labute approximate surface area is 104 Å². The number of hydrogen-bond donors (Lipinski definition) is 1. The number of carbonyl (C=O) groups is 2. The first-order valence-electron chi connectivity index (χ1n) is 5.29. The van der Waals surface area contributed by atoms with Gasteiger partial charge in [0, 0.05) is 12.7 Å². The number of carboxylic acids is 1. The van der Waals surface area contributed by atoms with E-state index in [4.69, 9.17) is 5.11 Å². The summed E-state index contributed by atoms with van der Waals surface area (Å²) < 4.78 is 0. The van der Waals surface area contributed by atoms with E-state index < -0.39 is 12.0 Å². The molecule has 0 radical (unpaired) electrons. The molecule has 1 aromatic rings. The molecule has 2 rings (SSSR count). The number of benzene rings is 1. The predicted molar refractivity (Wildman–Crippen MR) is 65.6 cm³/mol. The van der Waals surface area contributed by atoms with Crippen LogP contribution in [0.15, 0.2) is 30.3 Å². The molecule has 1 saturated heterocycles. The minimum absolute atomic E-state index is 0.185. The number of hydrogen-bond acceptors (Lipinski definition) is 3. The van der Waals surface area contributed by atoms with Crippen LogP contribution >= 0.6 is 11.8 Å². The molecule has 1 aliphatic heterocycles. The molecule has 1 heterocycles. The summed E-state index contributed by atoms with van der Waals surface area (Å²) in [6, 6.07) is 8.79. The van der Waals surface area contributed by atoms with E-state index in [0.29, 0.717) is 5.75 Å². The molecule has 1 aliphatic rings. The highest BCUT2D eigenvalue weighted by Gasteiger charge is 2.40. The SMILES string of the molecule is CC(=O)N1[C@@H](c2ccccc2)SC[C@H]1C(=O)O. The fourth-order valence-electron chi connectivity index (χ4n) is 1.96. The lowest BCUT2D eigenvalue weighted by molar-refractivity contribution is -0.148. The number of aliphatic carboxylic acids is 1. The Hall–Kier alpha value is -1.49. The lowest BCUT2D eigenvalue weighted by Gasteiger charge is -2.26. The standard InChI is InChI=1S/C12H13NO3S/c1-8(14)13-10(12(15)16)7-17-11(13)9-5-3-2-4-6-9/h2-6,10-11H,7H2,1H3,(H,15,16)/t10-,11+/m0/s1. The van der Waals surface area contributed by atoms with E-state index >= 15 is 0 Å². The Balaban J connectivity index is 2.30. The van der Waals surface area contributed by atoms with Crippen molar-refractivity contribution in [2.75, 3.05) is 5.75 Å². The van der Waals surface area contributed by atoms with Crippen molar-refractivity contribution >= 4 is 23.6 Å². The van der Waals surface area contributed by atoms with Crippen molar-refractivity contribution in [1.82, 2.24) is 4.90 Å². The summed E-state index contributed by atoms with van der Waals surface area (Å²) in [5.41, 5.74) is 0.969. The molecule has 4 nitrogen and oxygen atoms in total. The molecular weight excluding hydrogens is 238 g/mol. The van der Waals surface area contributed by atoms with Crippen LogP contribution in [0.25, 0.3) is 0 Å². The molecule has 90 valence electrons. The number of carbonyl (C=O) groups excluding carboxylic acids is 1. The number of carboxylic acid groups (broad SMARTS) is 1. The average Bonchev–Trinajstić information content (AvgIpc) is 2.74. The largest absolute Gasteiger partial charge is 0.480 e. The molecule has 1 N–H and O–H groups in total. The molecule has 1 aromatic carbocycles. The number of amides is 1. The van der Waals surface area contributed by atoms with Gasteiger partial charge in [0.2, 0.25) is 5.91 Å². The van der Waals surface area contributed by atoms with E-state index in [1.165, 1.54) is 23.6 Å². The van der Waals surface area contributed by atoms with Crippen LogP contribution in [0.3, 0.4) is 0 Å². The zero-order chi connectivity index (χ0) is 12.4. The second-order valence-corrected chi connectivity index (χ2v) is 4.99. The molecule has 1 amide bonds. The number of nitrogens with zero attached hydrogens (tertiary/aromatic N) is 1. The Bertz CT molecular complexity index is 435. The van der Waals surface area contributed by atoms with Crippen LogP contribution in [0.2, 0.25) is 0 Å². The lowest BCUT2D eigenvalue weighted by atomic mass is 10.2. The normalized spacial score (nSPS) is 23.7. The maximum atomic E-state index is 11.6. The smallest absolute Gasteiger partial charge is 0.327 e. The van der Waals surface area contributed by atoms with Crippen molar-refractivity contribution < 1.29 is 14.7 Å². The molecule has 0 unspecified atom stereocenters. The van der Waals surface area contributed by atoms with Crippen LogP contribution in [-0.4, -0.2) is 33.7 Å². The van der Waals surface area contributed by atoms with Gasteiger partial charge in [0.1, 0.15) is 11.4 Å². The van der Waals surface area contributed by atoms with Gasteiger partial charge in [-0.3, -0.25) is 4.79 Å². The topological polar surface area (TPSA) is 57.6 Å². The highest BCUT2D eigenvalue weighted by Crippen LogP contribution is 2.41. The van der Waals surface area contributed by atoms with E-state index in [1.54, 1.807) is 0 Å². The van der Waals surface area contributed by atoms with Crippen molar-refractivity contribution in [3.8, 4) is 0 Å². The summed E-state index contributed by atoms with van der Waals surface area (Å²) in [6.45, 7) is 1.41. The quantitative estimate of drug-likeness (QED) is 0.869. The van der Waals surface area contributed by atoms with E-state index in [0.717, 1.165) is 5.56 Å². The highest BCUT2D eigenvalue weighted by atomic mass is 32.2. The van der Waals surface area contributed by atoms with E-state index in [9.17, 15) is 9.59 Å². The molecule has 5 heteroatoms. The fourth-order valence-corrected chi connectivity index (χ4v) is 3.43. The van der Waals surface area contributed by atoms with Crippen molar-refractivity contribution in [3.05, 3.63) is 35.9 Å². The molecule has 17 heavy (non-hydrogen) atoms. The minimum Gasteiger partial charge on any atom is -0.480 e. The van der Waals surface area contributed by atoms with Crippen LogP contribution in [-0.2, 0) is 9.59 Å². The second kappa shape index (κ2) is 4.79. The average molecular weight is 251 g/mol. The molecular formula is C12H13NO3S. The Morgan fingerprint density at radius 1 is 1.35 bits per heavy atom. The molecule has 0 saturated carbocycles. The predicted octanol–water partition coefficient (Wildman–Crippen LogP) is 1.73. The summed E-state index contributed by atoms with van der Waals surface area (Å²) in [5, 5.41) is 8.90. The Kier molecular flexibility index (Phi) is 3.38. The van der Waals surface area contributed by atoms with Crippen LogP contribution in [0.4, 0.5) is 0 Å². The molecule has 2 atom stereocenters. The second-order valence-electron chi connectivity index (χ2n) is 3.88. The third-order valence-corrected chi connectivity index (χ3v) is 4.06. The maximum absolute atomic E-state index is 11.6. The van der Waals surface area contributed by atoms with E-state index in [-0.39, 0.29) is 11.3 Å². The van der Waals surface area contributed by atoms with Crippen LogP contribution < -0.4 is 0 Å². The third-order valence-electron chi connectivity index (χ3n) is 2.73. The maximum Gasteiger partial charge on any atom is 0.327 e. The van der Waals surface area contributed by atoms with Gasteiger partial charge in [-0.2, -0.15) is 0 Å². The zero-order valence-corrected chi connectivity index (χ0v) is 10.2. The first-order chi connectivity index (χ1) is 8.11. The fraction of sp³-hybridized carbons (Fsp3) is 0.333. The van der Waals surface area contributed by atoms with Gasteiger partial charge >= 0.3 is 5.97 Å². The summed E-state index contributed by atoms with van der Waals surface area (Å²) in [4.78, 5) is 24.1. The number of thioether (sulfide) groups is 1. The van der Waals surface area contributed by atoms with Gasteiger partial charge in [-0.1, -0.05) is 30.3 Å². The van der Waals surface area contributed by atoms with Crippen LogP contribution in [0.1, 0.15) is 17.9 Å². The van der Waals surface area contributed by atoms with Crippen molar-refractivity contribution in [2.45, 2.75) is 18.3 Å². The Morgan fingerprint density at radius 3 is 2.53 bits per heavy atom. The Morgan fingerprint density at radius 2 is 2.00 bits per heavy atom. The summed E-state index contributed by atoms with van der Waals surface area (Å²) in [7, 11) is 0. The number of rotatable bonds is 2. The van der Waals surface area contributed by atoms with Gasteiger partial charge in [-0.05, 0) is 5.56 Å². The third kappa shape index (κ3) is 2.29. The van der Waals surface area contributed by atoms with Crippen molar-refractivity contribution in [3.63, 3.8) is 0 Å². The summed E-state index contributed by atoms with van der Waals surface area (Å²) in [5.74, 6) is -0.698. The zero-order valence-electron chi connectivity index (χ0n) is 9.37. The monoisotopic (exact) mass is 251 g/mol. The molecule has 1 fully saturated rings. The summed E-state index contributed by atoms with van der Waals surface area (Å²) >= 11 is 1.49. The van der Waals surface area contributed by atoms with E-state index in [1.807, 2.05) is 30.3 Å². The van der Waals surface area contributed by atoms with E-state index in [2.05, 4.69) is 0 Å². The van der Waals surface area contributed by atoms with Gasteiger partial charge in [0.25, 0.3) is 0 Å². The first kappa shape index (κ1) is 12.0. The first-order valence-corrected chi connectivity index (χ1v) is 6.34. The molecule has 0 aliphatic carbocycles. The lowest BCUT2D eigenvalue weighted by Crippen LogP contribution is -2.41. The van der Waals surface area contributed by atoms with Crippen molar-refractivity contribution in [1.29, 1.82) is 0 Å². The van der Waals surface area contributed by atoms with Gasteiger partial charge in [0.05, 0.1) is 0 Å². The highest BCUT2D eigenvalue weighted by molar-refractivity contribution is 7.99. The van der Waals surface area contributed by atoms with Crippen LogP contribution in [0, 0.1) is 0 Å². The molecule has 0 bridgehead atoms. The summed E-state index contributed by atoms with van der Waals surface area (Å²) in [6.07, 6.45) is 0. The minimum atomic E-state index is -0.939. The van der Waals surface area contributed by atoms with Gasteiger partial charge in [-0.15, -0.1) is 11.8 Å². The van der Waals surface area contributed by atoms with Gasteiger partial charge in [-0.25, -0.2) is 4.79 Å². The molecule has 0 aromatic heterocycles. The van der Waals surface area contributed by atoms with Gasteiger partial charge < -0.3 is 10.0 Å². The van der Waals surface area contributed by atoms with Crippen molar-refractivity contribution in [2.24, 2.45) is 0 Å². The molecule has 0 spiro atoms. The van der Waals surface area contributed by atoms with Crippen LogP contribution in [0.5, 0.6) is 0 Å². The van der Waals surface area contributed by atoms with Gasteiger partial charge in [0.15, 0.2) is 0 Å².